The van der Waals surface area contributed by atoms with Crippen LogP contribution in [0.25, 0.3) is 0 Å². The van der Waals surface area contributed by atoms with Crippen LogP contribution in [0.2, 0.25) is 0 Å². The molecular weight excluding hydrogens is 290 g/mol. The number of nitrogens with two attached hydrogens (primary N) is 1. The van der Waals surface area contributed by atoms with Crippen LogP contribution in [0.3, 0.4) is 0 Å². The zero-order chi connectivity index (χ0) is 16.8. The summed E-state index contributed by atoms with van der Waals surface area (Å²) in [5, 5.41) is 18.7. The zero-order valence-electron chi connectivity index (χ0n) is 13.9. The minimum absolute atomic E-state index is 0.195. The first-order valence-electron chi connectivity index (χ1n) is 8.78. The largest absolute Gasteiger partial charge is 0.478 e. The number of hydrogen-bond acceptors (Lipinski definition) is 3. The van der Waals surface area contributed by atoms with Crippen molar-refractivity contribution in [1.82, 2.24) is 0 Å². The number of carboxylic acid groups (broad SMARTS) is 1. The Kier molecular flexibility index (Phi) is 6.60. The maximum absolute atomic E-state index is 10.9. The number of rotatable bonds is 5. The summed E-state index contributed by atoms with van der Waals surface area (Å²) in [6.45, 7) is 2.04. The quantitative estimate of drug-likeness (QED) is 0.772. The van der Waals surface area contributed by atoms with Gasteiger partial charge in [0, 0.05) is 6.04 Å². The number of aromatic carboxylic acids is 1. The highest BCUT2D eigenvalue weighted by molar-refractivity contribution is 5.89. The van der Waals surface area contributed by atoms with E-state index in [1.54, 1.807) is 18.2 Å². The number of fused-ring (bicyclic) bond motifs is 2. The molecular formula is C19H29NO3. The number of unbranched alkanes of at least 4 members (excludes halogenated alkanes) is 1. The fourth-order valence-corrected chi connectivity index (χ4v) is 3.83. The highest BCUT2D eigenvalue weighted by Gasteiger charge is 2.37. The summed E-state index contributed by atoms with van der Waals surface area (Å²) in [5.41, 5.74) is 6.53. The number of benzene rings is 1. The van der Waals surface area contributed by atoms with Crippen molar-refractivity contribution in [2.24, 2.45) is 17.6 Å². The second-order valence-electron chi connectivity index (χ2n) is 6.89. The van der Waals surface area contributed by atoms with Gasteiger partial charge in [-0.15, -0.1) is 0 Å². The molecule has 128 valence electrons. The smallest absolute Gasteiger partial charge is 0.336 e. The Labute approximate surface area is 138 Å². The van der Waals surface area contributed by atoms with E-state index in [9.17, 15) is 9.90 Å². The summed E-state index contributed by atoms with van der Waals surface area (Å²) in [5.74, 6) is 0.955. The second kappa shape index (κ2) is 8.46. The normalized spacial score (nSPS) is 26.5. The zero-order valence-corrected chi connectivity index (χ0v) is 13.9. The van der Waals surface area contributed by atoms with E-state index in [1.165, 1.54) is 31.7 Å². The Bertz CT molecular complexity index is 515. The lowest BCUT2D eigenvalue weighted by atomic mass is 9.96. The molecule has 0 saturated heterocycles. The molecule has 0 aliphatic heterocycles. The third kappa shape index (κ3) is 4.79. The maximum Gasteiger partial charge on any atom is 0.336 e. The summed E-state index contributed by atoms with van der Waals surface area (Å²) >= 11 is 0. The standard InChI is InChI=1S/C12H16O3.C7H13N/c1-2-3-8-11(13)9-6-4-5-7-10(9)12(14)15;8-7-4-5-1-2-6(7)3-5/h4-7,11,13H,2-3,8H2,1H3,(H,14,15);5-7H,1-4,8H2. The summed E-state index contributed by atoms with van der Waals surface area (Å²) in [6, 6.07) is 7.18. The van der Waals surface area contributed by atoms with Gasteiger partial charge in [-0.3, -0.25) is 0 Å². The van der Waals surface area contributed by atoms with Gasteiger partial charge in [0.2, 0.25) is 0 Å². The van der Waals surface area contributed by atoms with Crippen molar-refractivity contribution >= 4 is 5.97 Å². The molecule has 2 saturated carbocycles. The van der Waals surface area contributed by atoms with Crippen molar-refractivity contribution < 1.29 is 15.0 Å². The van der Waals surface area contributed by atoms with E-state index >= 15 is 0 Å². The fraction of sp³-hybridized carbons (Fsp3) is 0.632. The number of hydrogen-bond donors (Lipinski definition) is 3. The topological polar surface area (TPSA) is 83.5 Å². The number of carbonyl (C=O) groups is 1. The summed E-state index contributed by atoms with van der Waals surface area (Å²) in [4.78, 5) is 10.9. The molecule has 23 heavy (non-hydrogen) atoms. The van der Waals surface area contributed by atoms with Crippen molar-refractivity contribution in [3.8, 4) is 0 Å². The van der Waals surface area contributed by atoms with Gasteiger partial charge in [-0.25, -0.2) is 4.79 Å². The van der Waals surface area contributed by atoms with Crippen LogP contribution in [0.5, 0.6) is 0 Å². The Balaban J connectivity index is 0.000000198. The Morgan fingerprint density at radius 1 is 1.30 bits per heavy atom. The molecule has 0 heterocycles. The Morgan fingerprint density at radius 2 is 2.04 bits per heavy atom. The van der Waals surface area contributed by atoms with Crippen molar-refractivity contribution in [3.63, 3.8) is 0 Å². The monoisotopic (exact) mass is 319 g/mol. The third-order valence-electron chi connectivity index (χ3n) is 5.17. The highest BCUT2D eigenvalue weighted by atomic mass is 16.4. The second-order valence-corrected chi connectivity index (χ2v) is 6.89. The molecule has 3 rings (SSSR count). The average Bonchev–Trinajstić information content (AvgIpc) is 3.15. The molecule has 1 aromatic rings. The molecule has 4 N–H and O–H groups in total. The van der Waals surface area contributed by atoms with Crippen LogP contribution in [0.15, 0.2) is 24.3 Å². The van der Waals surface area contributed by atoms with Gasteiger partial charge >= 0.3 is 5.97 Å². The SMILES string of the molecule is CCCCC(O)c1ccccc1C(=O)O.NC1CC2CCC1C2. The van der Waals surface area contributed by atoms with Crippen LogP contribution >= 0.6 is 0 Å². The van der Waals surface area contributed by atoms with E-state index in [-0.39, 0.29) is 5.56 Å². The highest BCUT2D eigenvalue weighted by Crippen LogP contribution is 2.43. The number of carboxylic acids is 1. The molecule has 2 fully saturated rings. The lowest BCUT2D eigenvalue weighted by Crippen LogP contribution is -2.26. The predicted octanol–water partition coefficient (Wildman–Crippen LogP) is 3.74. The van der Waals surface area contributed by atoms with E-state index in [1.807, 2.05) is 6.92 Å². The van der Waals surface area contributed by atoms with Crippen LogP contribution in [0.1, 0.15) is 73.9 Å². The third-order valence-corrected chi connectivity index (χ3v) is 5.17. The lowest BCUT2D eigenvalue weighted by Gasteiger charge is -2.15. The average molecular weight is 319 g/mol. The van der Waals surface area contributed by atoms with E-state index in [0.29, 0.717) is 18.0 Å². The molecule has 2 aliphatic rings. The van der Waals surface area contributed by atoms with Gasteiger partial charge in [0.25, 0.3) is 0 Å². The Morgan fingerprint density at radius 3 is 2.52 bits per heavy atom. The van der Waals surface area contributed by atoms with E-state index in [4.69, 9.17) is 10.8 Å². The molecule has 4 atom stereocenters. The molecule has 0 amide bonds. The summed E-state index contributed by atoms with van der Waals surface area (Å²) in [7, 11) is 0. The van der Waals surface area contributed by atoms with E-state index < -0.39 is 12.1 Å². The van der Waals surface area contributed by atoms with Crippen LogP contribution in [0.4, 0.5) is 0 Å². The van der Waals surface area contributed by atoms with Crippen molar-refractivity contribution in [2.45, 2.75) is 64.0 Å². The van der Waals surface area contributed by atoms with Crippen LogP contribution in [-0.4, -0.2) is 22.2 Å². The van der Waals surface area contributed by atoms with Gasteiger partial charge in [0.1, 0.15) is 0 Å². The Hall–Kier alpha value is -1.39. The first-order chi connectivity index (χ1) is 11.0. The molecule has 0 radical (unpaired) electrons. The van der Waals surface area contributed by atoms with Crippen molar-refractivity contribution in [2.75, 3.05) is 0 Å². The van der Waals surface area contributed by atoms with Crippen molar-refractivity contribution in [3.05, 3.63) is 35.4 Å². The van der Waals surface area contributed by atoms with Crippen molar-refractivity contribution in [1.29, 1.82) is 0 Å². The molecule has 2 bridgehead atoms. The molecule has 1 aromatic carbocycles. The molecule has 0 spiro atoms. The minimum Gasteiger partial charge on any atom is -0.478 e. The van der Waals surface area contributed by atoms with Gasteiger partial charge in [0.15, 0.2) is 0 Å². The van der Waals surface area contributed by atoms with Crippen LogP contribution in [0, 0.1) is 11.8 Å². The van der Waals surface area contributed by atoms with Gasteiger partial charge in [0.05, 0.1) is 11.7 Å². The lowest BCUT2D eigenvalue weighted by molar-refractivity contribution is 0.0688. The van der Waals surface area contributed by atoms with Crippen LogP contribution < -0.4 is 5.73 Å². The minimum atomic E-state index is -0.985. The summed E-state index contributed by atoms with van der Waals surface area (Å²) in [6.07, 6.45) is 7.50. The first-order valence-corrected chi connectivity index (χ1v) is 8.78. The van der Waals surface area contributed by atoms with Gasteiger partial charge in [-0.1, -0.05) is 44.4 Å². The van der Waals surface area contributed by atoms with E-state index in [2.05, 4.69) is 0 Å². The maximum atomic E-state index is 10.9. The number of aliphatic hydroxyl groups excluding tert-OH is 1. The molecule has 4 unspecified atom stereocenters. The molecule has 0 aromatic heterocycles. The van der Waals surface area contributed by atoms with Gasteiger partial charge in [-0.2, -0.15) is 0 Å². The van der Waals surface area contributed by atoms with Gasteiger partial charge < -0.3 is 15.9 Å². The molecule has 4 nitrogen and oxygen atoms in total. The van der Waals surface area contributed by atoms with E-state index in [0.717, 1.165) is 24.7 Å². The molecule has 2 aliphatic carbocycles. The van der Waals surface area contributed by atoms with Crippen LogP contribution in [-0.2, 0) is 0 Å². The molecule has 4 heteroatoms. The predicted molar refractivity (Wildman–Crippen MR) is 91.3 cm³/mol. The first kappa shape index (κ1) is 18.0. The number of aliphatic hydroxyl groups is 1. The summed E-state index contributed by atoms with van der Waals surface area (Å²) < 4.78 is 0. The van der Waals surface area contributed by atoms with Gasteiger partial charge in [-0.05, 0) is 49.1 Å². The fourth-order valence-electron chi connectivity index (χ4n) is 3.83.